The molecule has 2 aromatic carbocycles. The predicted octanol–water partition coefficient (Wildman–Crippen LogP) is 7.65. The number of nitrogens with one attached hydrogen (secondary N) is 2. The number of rotatable bonds is 13. The molecule has 3 amide bonds. The molecule has 13 nitrogen and oxygen atoms in total. The van der Waals surface area contributed by atoms with Crippen molar-refractivity contribution in [3.8, 4) is 11.8 Å². The van der Waals surface area contributed by atoms with Crippen LogP contribution in [0.4, 0.5) is 4.39 Å². The van der Waals surface area contributed by atoms with Crippen LogP contribution >= 0.6 is 18.9 Å². The average molecular weight is 881 g/mol. The second-order valence-electron chi connectivity index (χ2n) is 17.6. The molecule has 2 aliphatic carbocycles. The van der Waals surface area contributed by atoms with E-state index in [1.165, 1.54) is 30.4 Å². The first-order valence-electron chi connectivity index (χ1n) is 21.6. The van der Waals surface area contributed by atoms with Crippen LogP contribution in [0.25, 0.3) is 10.1 Å². The number of para-hydroxylation sites is 1. The van der Waals surface area contributed by atoms with Crippen LogP contribution in [0.5, 0.6) is 5.75 Å². The van der Waals surface area contributed by atoms with Crippen molar-refractivity contribution < 1.29 is 37.4 Å². The molecule has 2 aromatic heterocycles. The van der Waals surface area contributed by atoms with Gasteiger partial charge >= 0.3 is 13.5 Å². The third-order valence-electron chi connectivity index (χ3n) is 13.5. The molecule has 0 bridgehead atoms. The fourth-order valence-corrected chi connectivity index (χ4v) is 13.0. The van der Waals surface area contributed by atoms with Crippen LogP contribution < -0.4 is 14.9 Å². The normalized spacial score (nSPS) is 27.8. The van der Waals surface area contributed by atoms with E-state index in [0.717, 1.165) is 31.2 Å². The molecular formula is C46H50FN6O7PS. The third-order valence-corrected chi connectivity index (χ3v) is 16.7. The number of thiophene rings is 1. The molecule has 0 unspecified atom stereocenters. The van der Waals surface area contributed by atoms with E-state index in [-0.39, 0.29) is 47.6 Å². The zero-order valence-electron chi connectivity index (χ0n) is 34.7. The van der Waals surface area contributed by atoms with Crippen LogP contribution in [-0.4, -0.2) is 81.3 Å². The van der Waals surface area contributed by atoms with E-state index >= 15 is 4.39 Å². The first-order valence-corrected chi connectivity index (χ1v) is 24.1. The highest BCUT2D eigenvalue weighted by molar-refractivity contribution is 7.57. The van der Waals surface area contributed by atoms with Crippen LogP contribution in [0, 0.1) is 29.1 Å². The van der Waals surface area contributed by atoms with Gasteiger partial charge in [-0.05, 0) is 123 Å². The minimum absolute atomic E-state index is 0.0210. The summed E-state index contributed by atoms with van der Waals surface area (Å²) >= 11 is 1.19. The molecule has 2 saturated carbocycles. The molecule has 62 heavy (non-hydrogen) atoms. The number of nitrogens with zero attached hydrogens (tertiary/aromatic N) is 4. The Morgan fingerprint density at radius 1 is 1.06 bits per heavy atom. The number of amides is 3. The predicted molar refractivity (Wildman–Crippen MR) is 230 cm³/mol. The minimum atomic E-state index is -4.46. The van der Waals surface area contributed by atoms with E-state index in [1.54, 1.807) is 59.8 Å². The van der Waals surface area contributed by atoms with E-state index in [1.807, 2.05) is 24.0 Å². The highest BCUT2D eigenvalue weighted by Gasteiger charge is 2.65. The monoisotopic (exact) mass is 880 g/mol. The van der Waals surface area contributed by atoms with Gasteiger partial charge in [-0.25, -0.2) is 9.48 Å². The number of fused-ring (bicyclic) bond motifs is 3. The Bertz CT molecular complexity index is 2460. The molecule has 16 heteroatoms. The van der Waals surface area contributed by atoms with Crippen molar-refractivity contribution >= 4 is 52.6 Å². The summed E-state index contributed by atoms with van der Waals surface area (Å²) in [6.45, 7) is 3.83. The second-order valence-corrected chi connectivity index (χ2v) is 20.7. The number of ether oxygens (including phenoxy) is 1. The Morgan fingerprint density at radius 2 is 1.85 bits per heavy atom. The maximum absolute atomic E-state index is 16.6. The molecule has 3 saturated heterocycles. The van der Waals surface area contributed by atoms with E-state index in [0.29, 0.717) is 59.0 Å². The van der Waals surface area contributed by atoms with Crippen LogP contribution in [0.1, 0.15) is 97.8 Å². The van der Waals surface area contributed by atoms with Crippen molar-refractivity contribution in [2.24, 2.45) is 17.8 Å². The first-order chi connectivity index (χ1) is 29.9. The highest BCUT2D eigenvalue weighted by Crippen LogP contribution is 2.59. The Kier molecular flexibility index (Phi) is 11.5. The average Bonchev–Trinajstić information content (AvgIpc) is 4.06. The zero-order valence-corrected chi connectivity index (χ0v) is 36.4. The molecule has 10 atom stereocenters. The number of carbonyl (C=O) groups excluding carboxylic acids is 4. The van der Waals surface area contributed by atoms with Crippen molar-refractivity contribution in [2.75, 3.05) is 13.2 Å². The number of carbonyl (C=O) groups is 4. The van der Waals surface area contributed by atoms with Gasteiger partial charge in [-0.3, -0.25) is 28.7 Å². The smallest absolute Gasteiger partial charge is 0.355 e. The van der Waals surface area contributed by atoms with Gasteiger partial charge in [-0.1, -0.05) is 37.3 Å². The number of halogens is 1. The molecule has 1 spiro atoms. The highest BCUT2D eigenvalue weighted by atomic mass is 32.1. The summed E-state index contributed by atoms with van der Waals surface area (Å²) in [5, 5.41) is 16.5. The zero-order chi connectivity index (χ0) is 43.3. The number of alkyl halides is 1. The summed E-state index contributed by atoms with van der Waals surface area (Å²) in [5.74, 6) is -3.37. The Hall–Kier alpha value is -5.16. The number of benzene rings is 2. The second kappa shape index (κ2) is 16.8. The van der Waals surface area contributed by atoms with Crippen LogP contribution in [0.3, 0.4) is 0 Å². The van der Waals surface area contributed by atoms with E-state index in [9.17, 15) is 29.0 Å². The number of hydrogen-bond donors (Lipinski definition) is 2. The lowest BCUT2D eigenvalue weighted by Gasteiger charge is -2.37. The van der Waals surface area contributed by atoms with Crippen LogP contribution in [0.2, 0.25) is 0 Å². The standard InChI is InChI=1S/C46H50FN6O7PS/c1-3-18-59-45(57)27(2)51-61(58,60-34-9-5-4-6-10-34)41(47)28-11-14-39-32(19-28)23-40(62-39)42(54)50-37-22-31-20-30(31)21-33-12-13-38(53(33)43(37)55)44(56)52-26-35(29-8-7-17-49-25-29)36(24-48)46(52)15-16-46/h4-11,14,17,19,23,25,27,30-31,33,35-38,41H,3,12-13,15-16,18,20-22,26H2,1-2H3,(H,50,54)(H,51,58)/t27-,30+,31-,33+,35+,36+,37-,38-,41+,61-/m0/s1. The summed E-state index contributed by atoms with van der Waals surface area (Å²) in [5.41, 5.74) is 0.409. The molecule has 0 radical (unpaired) electrons. The van der Waals surface area contributed by atoms with Gasteiger partial charge in [-0.15, -0.1) is 11.3 Å². The Labute approximate surface area is 363 Å². The number of hydrogen-bond acceptors (Lipinski definition) is 10. The fraction of sp³-hybridized carbons (Fsp3) is 0.478. The number of likely N-dealkylation sites (tertiary alicyclic amines) is 1. The van der Waals surface area contributed by atoms with Crippen molar-refractivity contribution in [1.82, 2.24) is 25.2 Å². The topological polar surface area (TPSA) is 171 Å². The molecule has 324 valence electrons. The Balaban J connectivity index is 0.931. The third kappa shape index (κ3) is 7.90. The molecule has 9 rings (SSSR count). The summed E-state index contributed by atoms with van der Waals surface area (Å²) in [6.07, 6.45) is 9.05. The van der Waals surface area contributed by atoms with Crippen molar-refractivity contribution in [1.29, 1.82) is 5.26 Å². The van der Waals surface area contributed by atoms with Gasteiger partial charge in [0.25, 0.3) is 5.91 Å². The van der Waals surface area contributed by atoms with Gasteiger partial charge in [0.2, 0.25) is 17.7 Å². The summed E-state index contributed by atoms with van der Waals surface area (Å²) in [4.78, 5) is 64.3. The molecule has 4 aromatic rings. The lowest BCUT2D eigenvalue weighted by Crippen LogP contribution is -2.58. The van der Waals surface area contributed by atoms with Crippen molar-refractivity contribution in [3.05, 3.63) is 95.1 Å². The number of esters is 1. The van der Waals surface area contributed by atoms with Gasteiger partial charge in [-0.2, -0.15) is 5.26 Å². The number of aromatic nitrogens is 1. The van der Waals surface area contributed by atoms with Crippen molar-refractivity contribution in [3.63, 3.8) is 0 Å². The van der Waals surface area contributed by atoms with Crippen molar-refractivity contribution in [2.45, 2.75) is 107 Å². The molecule has 5 aliphatic rings. The largest absolute Gasteiger partial charge is 0.465 e. The molecule has 3 aliphatic heterocycles. The van der Waals surface area contributed by atoms with E-state index in [2.05, 4.69) is 21.5 Å². The number of pyridine rings is 1. The van der Waals surface area contributed by atoms with E-state index in [4.69, 9.17) is 9.26 Å². The van der Waals surface area contributed by atoms with Gasteiger partial charge in [0.15, 0.2) is 0 Å². The fourth-order valence-electron chi connectivity index (χ4n) is 10.1. The lowest BCUT2D eigenvalue weighted by atomic mass is 9.85. The van der Waals surface area contributed by atoms with Crippen LogP contribution in [0.15, 0.2) is 79.1 Å². The summed E-state index contributed by atoms with van der Waals surface area (Å²) in [7, 11) is -4.46. The summed E-state index contributed by atoms with van der Waals surface area (Å²) < 4.78 is 42.6. The Morgan fingerprint density at radius 3 is 2.58 bits per heavy atom. The quantitative estimate of drug-likeness (QED) is 0.100. The minimum Gasteiger partial charge on any atom is -0.465 e. The number of nitriles is 1. The van der Waals surface area contributed by atoms with E-state index < -0.39 is 49.0 Å². The van der Waals surface area contributed by atoms with Gasteiger partial charge in [0.05, 0.1) is 29.0 Å². The molecular weight excluding hydrogens is 831 g/mol. The van der Waals surface area contributed by atoms with Gasteiger partial charge in [0.1, 0.15) is 23.9 Å². The summed E-state index contributed by atoms with van der Waals surface area (Å²) in [6, 6.07) is 18.0. The van der Waals surface area contributed by atoms with Gasteiger partial charge in [0, 0.05) is 35.6 Å². The maximum atomic E-state index is 16.6. The lowest BCUT2D eigenvalue weighted by molar-refractivity contribution is -0.148. The maximum Gasteiger partial charge on any atom is 0.355 e. The van der Waals surface area contributed by atoms with Gasteiger partial charge < -0.3 is 24.4 Å². The molecule has 5 fully saturated rings. The molecule has 5 heterocycles. The van der Waals surface area contributed by atoms with Crippen LogP contribution in [-0.2, 0) is 23.7 Å². The first kappa shape index (κ1) is 42.2. The SMILES string of the molecule is CCCOC(=O)[C@H](C)N[P@@](=O)(Oc1ccccc1)[C@@H](F)c1ccc2sc(C(=O)N[C@H]3C[C@@H]4C[C@@H]4C[C@H]4CC[C@@H](C(=O)N5C[C@H](c6cccnc6)[C@@H](C#N)C56CC6)N4C3=O)cc2c1. The molecule has 2 N–H and O–H groups in total.